The fourth-order valence-electron chi connectivity index (χ4n) is 3.18. The molecule has 15 heavy (non-hydrogen) atoms. The molecule has 88 valence electrons. The second-order valence-corrected chi connectivity index (χ2v) is 5.60. The molecule has 0 heterocycles. The van der Waals surface area contributed by atoms with Crippen molar-refractivity contribution in [3.05, 3.63) is 0 Å². The van der Waals surface area contributed by atoms with E-state index in [1.807, 2.05) is 0 Å². The lowest BCUT2D eigenvalue weighted by atomic mass is 10.0. The monoisotopic (exact) mass is 211 g/mol. The van der Waals surface area contributed by atoms with Gasteiger partial charge in [-0.25, -0.2) is 0 Å². The second kappa shape index (κ2) is 4.84. The van der Waals surface area contributed by atoms with Crippen molar-refractivity contribution in [2.45, 2.75) is 69.9 Å². The van der Waals surface area contributed by atoms with Crippen LogP contribution in [-0.4, -0.2) is 23.3 Å². The van der Waals surface area contributed by atoms with Gasteiger partial charge in [-0.15, -0.1) is 0 Å². The highest BCUT2D eigenvalue weighted by molar-refractivity contribution is 4.89. The summed E-state index contributed by atoms with van der Waals surface area (Å²) in [4.78, 5) is 0. The van der Waals surface area contributed by atoms with Gasteiger partial charge in [0.25, 0.3) is 0 Å². The molecule has 0 aromatic carbocycles. The Kier molecular flexibility index (Phi) is 3.68. The summed E-state index contributed by atoms with van der Waals surface area (Å²) in [5.74, 6) is 0.931. The summed E-state index contributed by atoms with van der Waals surface area (Å²) < 4.78 is 0. The van der Waals surface area contributed by atoms with Gasteiger partial charge in [0.1, 0.15) is 0 Å². The normalized spacial score (nSPS) is 34.8. The van der Waals surface area contributed by atoms with Gasteiger partial charge in [-0.05, 0) is 38.0 Å². The lowest BCUT2D eigenvalue weighted by Gasteiger charge is -2.25. The van der Waals surface area contributed by atoms with Crippen LogP contribution in [0.4, 0.5) is 0 Å². The predicted octanol–water partition coefficient (Wildman–Crippen LogP) is 2.46. The summed E-state index contributed by atoms with van der Waals surface area (Å²) in [6.07, 6.45) is 9.77. The first kappa shape index (κ1) is 11.4. The molecular formula is C13H25NO. The Labute approximate surface area is 93.5 Å². The summed E-state index contributed by atoms with van der Waals surface area (Å²) in [6, 6.07) is 0.680. The van der Waals surface area contributed by atoms with Crippen LogP contribution in [0.15, 0.2) is 0 Å². The predicted molar refractivity (Wildman–Crippen MR) is 62.8 cm³/mol. The molecule has 0 radical (unpaired) electrons. The van der Waals surface area contributed by atoms with E-state index in [9.17, 15) is 5.11 Å². The molecule has 2 rings (SSSR count). The average Bonchev–Trinajstić information content (AvgIpc) is 2.84. The first-order valence-electron chi connectivity index (χ1n) is 6.67. The third kappa shape index (κ3) is 2.94. The molecule has 0 spiro atoms. The summed E-state index contributed by atoms with van der Waals surface area (Å²) in [5.41, 5.74) is -0.371. The molecule has 2 aliphatic carbocycles. The summed E-state index contributed by atoms with van der Waals surface area (Å²) in [7, 11) is 0. The minimum atomic E-state index is -0.371. The first-order chi connectivity index (χ1) is 7.22. The zero-order valence-corrected chi connectivity index (χ0v) is 9.97. The minimum absolute atomic E-state index is 0.371. The van der Waals surface area contributed by atoms with E-state index in [-0.39, 0.29) is 5.60 Å². The van der Waals surface area contributed by atoms with Gasteiger partial charge in [0.05, 0.1) is 5.60 Å². The van der Waals surface area contributed by atoms with Crippen LogP contribution >= 0.6 is 0 Å². The van der Waals surface area contributed by atoms with Gasteiger partial charge in [-0.3, -0.25) is 0 Å². The number of hydrogen-bond acceptors (Lipinski definition) is 2. The molecule has 2 N–H and O–H groups in total. The van der Waals surface area contributed by atoms with E-state index in [0.29, 0.717) is 6.04 Å². The van der Waals surface area contributed by atoms with Gasteiger partial charge >= 0.3 is 0 Å². The molecular weight excluding hydrogens is 186 g/mol. The quantitative estimate of drug-likeness (QED) is 0.748. The van der Waals surface area contributed by atoms with Crippen LogP contribution in [-0.2, 0) is 0 Å². The SMILES string of the molecule is CCC1CCC(NCC2(O)CCCC2)C1. The Morgan fingerprint density at radius 2 is 2.00 bits per heavy atom. The third-order valence-electron chi connectivity index (χ3n) is 4.37. The van der Waals surface area contributed by atoms with Crippen molar-refractivity contribution in [3.63, 3.8) is 0 Å². The van der Waals surface area contributed by atoms with E-state index in [1.54, 1.807) is 0 Å². The standard InChI is InChI=1S/C13H25NO/c1-2-11-5-6-12(9-11)14-10-13(15)7-3-4-8-13/h11-12,14-15H,2-10H2,1H3. The minimum Gasteiger partial charge on any atom is -0.389 e. The van der Waals surface area contributed by atoms with E-state index >= 15 is 0 Å². The van der Waals surface area contributed by atoms with Gasteiger partial charge < -0.3 is 10.4 Å². The Bertz CT molecular complexity index is 199. The number of rotatable bonds is 4. The molecule has 2 saturated carbocycles. The molecule has 0 aliphatic heterocycles. The molecule has 2 unspecified atom stereocenters. The van der Waals surface area contributed by atoms with Crippen LogP contribution in [0.1, 0.15) is 58.3 Å². The van der Waals surface area contributed by atoms with Crippen LogP contribution < -0.4 is 5.32 Å². The highest BCUT2D eigenvalue weighted by Crippen LogP contribution is 2.31. The van der Waals surface area contributed by atoms with Crippen molar-refractivity contribution in [1.29, 1.82) is 0 Å². The van der Waals surface area contributed by atoms with Crippen molar-refractivity contribution in [2.24, 2.45) is 5.92 Å². The topological polar surface area (TPSA) is 32.3 Å². The van der Waals surface area contributed by atoms with E-state index < -0.39 is 0 Å². The molecule has 0 bridgehead atoms. The van der Waals surface area contributed by atoms with Gasteiger partial charge in [0.2, 0.25) is 0 Å². The van der Waals surface area contributed by atoms with E-state index in [2.05, 4.69) is 12.2 Å². The maximum atomic E-state index is 10.2. The summed E-state index contributed by atoms with van der Waals surface area (Å²) >= 11 is 0. The van der Waals surface area contributed by atoms with Crippen LogP contribution in [0.2, 0.25) is 0 Å². The number of nitrogens with one attached hydrogen (secondary N) is 1. The van der Waals surface area contributed by atoms with Crippen LogP contribution in [0.3, 0.4) is 0 Å². The van der Waals surface area contributed by atoms with Crippen LogP contribution in [0.25, 0.3) is 0 Å². The molecule has 0 aromatic heterocycles. The molecule has 2 nitrogen and oxygen atoms in total. The largest absolute Gasteiger partial charge is 0.389 e. The highest BCUT2D eigenvalue weighted by Gasteiger charge is 2.32. The fourth-order valence-corrected chi connectivity index (χ4v) is 3.18. The van der Waals surface area contributed by atoms with E-state index in [1.165, 1.54) is 38.5 Å². The molecule has 2 heteroatoms. The fraction of sp³-hybridized carbons (Fsp3) is 1.00. The third-order valence-corrected chi connectivity index (χ3v) is 4.37. The van der Waals surface area contributed by atoms with Crippen molar-refractivity contribution in [1.82, 2.24) is 5.32 Å². The van der Waals surface area contributed by atoms with Crippen molar-refractivity contribution < 1.29 is 5.11 Å². The van der Waals surface area contributed by atoms with Crippen molar-refractivity contribution in [3.8, 4) is 0 Å². The zero-order valence-electron chi connectivity index (χ0n) is 9.97. The zero-order chi connectivity index (χ0) is 10.7. The Hall–Kier alpha value is -0.0800. The van der Waals surface area contributed by atoms with E-state index in [0.717, 1.165) is 25.3 Å². The molecule has 0 aromatic rings. The highest BCUT2D eigenvalue weighted by atomic mass is 16.3. The molecule has 0 amide bonds. The second-order valence-electron chi connectivity index (χ2n) is 5.60. The van der Waals surface area contributed by atoms with Crippen molar-refractivity contribution in [2.75, 3.05) is 6.54 Å². The Balaban J connectivity index is 1.70. The van der Waals surface area contributed by atoms with E-state index in [4.69, 9.17) is 0 Å². The smallest absolute Gasteiger partial charge is 0.0771 e. The van der Waals surface area contributed by atoms with Gasteiger partial charge in [-0.1, -0.05) is 26.2 Å². The molecule has 0 saturated heterocycles. The maximum Gasteiger partial charge on any atom is 0.0771 e. The number of aliphatic hydroxyl groups is 1. The van der Waals surface area contributed by atoms with Crippen LogP contribution in [0.5, 0.6) is 0 Å². The Morgan fingerprint density at radius 3 is 2.60 bits per heavy atom. The van der Waals surface area contributed by atoms with Gasteiger partial charge in [0.15, 0.2) is 0 Å². The number of hydrogen-bond donors (Lipinski definition) is 2. The average molecular weight is 211 g/mol. The molecule has 2 aliphatic rings. The van der Waals surface area contributed by atoms with Crippen molar-refractivity contribution >= 4 is 0 Å². The first-order valence-corrected chi connectivity index (χ1v) is 6.67. The van der Waals surface area contributed by atoms with Gasteiger partial charge in [0, 0.05) is 12.6 Å². The maximum absolute atomic E-state index is 10.2. The van der Waals surface area contributed by atoms with Gasteiger partial charge in [-0.2, -0.15) is 0 Å². The lowest BCUT2D eigenvalue weighted by Crippen LogP contribution is -2.41. The molecule has 2 fully saturated rings. The Morgan fingerprint density at radius 1 is 1.27 bits per heavy atom. The lowest BCUT2D eigenvalue weighted by molar-refractivity contribution is 0.0449. The summed E-state index contributed by atoms with van der Waals surface area (Å²) in [5, 5.41) is 13.8. The van der Waals surface area contributed by atoms with Crippen LogP contribution in [0, 0.1) is 5.92 Å². The molecule has 2 atom stereocenters. The summed E-state index contributed by atoms with van der Waals surface area (Å²) in [6.45, 7) is 3.12.